The highest BCUT2D eigenvalue weighted by molar-refractivity contribution is 5.21. The summed E-state index contributed by atoms with van der Waals surface area (Å²) in [5, 5.41) is 12.6. The van der Waals surface area contributed by atoms with Gasteiger partial charge in [0, 0.05) is 32.2 Å². The Kier molecular flexibility index (Phi) is 4.04. The number of rotatable bonds is 3. The number of halogens is 2. The average Bonchev–Trinajstić information content (AvgIpc) is 2.30. The van der Waals surface area contributed by atoms with Crippen LogP contribution in [-0.4, -0.2) is 42.8 Å². The molecule has 0 amide bonds. The molecule has 94 valence electrons. The number of hydrogen-bond acceptors (Lipinski definition) is 3. The highest BCUT2D eigenvalue weighted by Gasteiger charge is 2.22. The molecule has 0 spiro atoms. The van der Waals surface area contributed by atoms with Crippen LogP contribution >= 0.6 is 0 Å². The second-order valence-corrected chi connectivity index (χ2v) is 4.19. The maximum absolute atomic E-state index is 13.1. The summed E-state index contributed by atoms with van der Waals surface area (Å²) in [6, 6.07) is 3.08. The van der Waals surface area contributed by atoms with Crippen molar-refractivity contribution in [2.45, 2.75) is 6.04 Å². The summed E-state index contributed by atoms with van der Waals surface area (Å²) >= 11 is 0. The Balaban J connectivity index is 2.21. The Hall–Kier alpha value is -1.04. The van der Waals surface area contributed by atoms with Gasteiger partial charge in [0.15, 0.2) is 0 Å². The van der Waals surface area contributed by atoms with E-state index in [9.17, 15) is 13.9 Å². The molecule has 1 atom stereocenters. The zero-order valence-corrected chi connectivity index (χ0v) is 9.50. The fraction of sp³-hybridized carbons (Fsp3) is 0.500. The van der Waals surface area contributed by atoms with Crippen molar-refractivity contribution in [2.24, 2.45) is 0 Å². The molecule has 5 heteroatoms. The minimum absolute atomic E-state index is 0.136. The van der Waals surface area contributed by atoms with Crippen LogP contribution < -0.4 is 5.32 Å². The van der Waals surface area contributed by atoms with Crippen molar-refractivity contribution in [1.82, 2.24) is 10.2 Å². The van der Waals surface area contributed by atoms with Gasteiger partial charge in [-0.05, 0) is 17.7 Å². The van der Waals surface area contributed by atoms with Gasteiger partial charge in [0.05, 0.1) is 12.6 Å². The van der Waals surface area contributed by atoms with Gasteiger partial charge in [0.1, 0.15) is 11.6 Å². The number of piperazine rings is 1. The third-order valence-corrected chi connectivity index (χ3v) is 3.03. The van der Waals surface area contributed by atoms with E-state index >= 15 is 0 Å². The van der Waals surface area contributed by atoms with E-state index < -0.39 is 11.6 Å². The standard InChI is InChI=1S/C12H16F2N2O/c13-10-5-9(6-11(14)7-10)12(8-17)16-3-1-15-2-4-16/h5-7,12,15,17H,1-4,8H2. The van der Waals surface area contributed by atoms with E-state index in [1.54, 1.807) is 0 Å². The summed E-state index contributed by atoms with van der Waals surface area (Å²) in [5.41, 5.74) is 0.493. The molecule has 0 bridgehead atoms. The molecular formula is C12H16F2N2O. The fourth-order valence-electron chi connectivity index (χ4n) is 2.19. The lowest BCUT2D eigenvalue weighted by molar-refractivity contribution is 0.110. The number of benzene rings is 1. The molecule has 1 heterocycles. The highest BCUT2D eigenvalue weighted by Crippen LogP contribution is 2.22. The van der Waals surface area contributed by atoms with Crippen molar-refractivity contribution in [1.29, 1.82) is 0 Å². The normalized spacial score (nSPS) is 19.2. The van der Waals surface area contributed by atoms with E-state index in [1.807, 2.05) is 4.90 Å². The minimum atomic E-state index is -0.603. The fourth-order valence-corrected chi connectivity index (χ4v) is 2.19. The number of nitrogens with zero attached hydrogens (tertiary/aromatic N) is 1. The highest BCUT2D eigenvalue weighted by atomic mass is 19.1. The lowest BCUT2D eigenvalue weighted by atomic mass is 10.0. The Morgan fingerprint density at radius 1 is 1.18 bits per heavy atom. The van der Waals surface area contributed by atoms with Crippen molar-refractivity contribution in [2.75, 3.05) is 32.8 Å². The molecule has 1 saturated heterocycles. The first-order valence-corrected chi connectivity index (χ1v) is 5.72. The molecule has 2 rings (SSSR count). The molecular weight excluding hydrogens is 226 g/mol. The van der Waals surface area contributed by atoms with Crippen LogP contribution in [0, 0.1) is 11.6 Å². The lowest BCUT2D eigenvalue weighted by Crippen LogP contribution is -2.46. The largest absolute Gasteiger partial charge is 0.394 e. The van der Waals surface area contributed by atoms with Crippen LogP contribution in [0.5, 0.6) is 0 Å². The van der Waals surface area contributed by atoms with Crippen LogP contribution in [0.15, 0.2) is 18.2 Å². The van der Waals surface area contributed by atoms with Gasteiger partial charge in [0.2, 0.25) is 0 Å². The topological polar surface area (TPSA) is 35.5 Å². The monoisotopic (exact) mass is 242 g/mol. The first-order chi connectivity index (χ1) is 8.20. The number of aliphatic hydroxyl groups is 1. The maximum Gasteiger partial charge on any atom is 0.126 e. The summed E-state index contributed by atoms with van der Waals surface area (Å²) in [6.45, 7) is 3.05. The summed E-state index contributed by atoms with van der Waals surface area (Å²) in [4.78, 5) is 2.03. The van der Waals surface area contributed by atoms with Crippen molar-refractivity contribution < 1.29 is 13.9 Å². The van der Waals surface area contributed by atoms with Crippen molar-refractivity contribution >= 4 is 0 Å². The van der Waals surface area contributed by atoms with Gasteiger partial charge in [0.25, 0.3) is 0 Å². The molecule has 2 N–H and O–H groups in total. The summed E-state index contributed by atoms with van der Waals surface area (Å²) in [5.74, 6) is -1.21. The molecule has 1 aromatic carbocycles. The van der Waals surface area contributed by atoms with Crippen LogP contribution in [0.1, 0.15) is 11.6 Å². The van der Waals surface area contributed by atoms with Gasteiger partial charge < -0.3 is 10.4 Å². The van der Waals surface area contributed by atoms with E-state index in [0.717, 1.165) is 32.2 Å². The molecule has 0 saturated carbocycles. The van der Waals surface area contributed by atoms with Gasteiger partial charge >= 0.3 is 0 Å². The molecule has 3 nitrogen and oxygen atoms in total. The van der Waals surface area contributed by atoms with Crippen molar-refractivity contribution in [3.63, 3.8) is 0 Å². The van der Waals surface area contributed by atoms with Crippen LogP contribution in [-0.2, 0) is 0 Å². The van der Waals surface area contributed by atoms with Crippen LogP contribution in [0.4, 0.5) is 8.78 Å². The molecule has 17 heavy (non-hydrogen) atoms. The molecule has 1 aliphatic rings. The number of aliphatic hydroxyl groups excluding tert-OH is 1. The van der Waals surface area contributed by atoms with E-state index in [0.29, 0.717) is 5.56 Å². The van der Waals surface area contributed by atoms with Gasteiger partial charge in [-0.25, -0.2) is 8.78 Å². The van der Waals surface area contributed by atoms with E-state index in [4.69, 9.17) is 0 Å². The Morgan fingerprint density at radius 3 is 2.29 bits per heavy atom. The van der Waals surface area contributed by atoms with E-state index in [-0.39, 0.29) is 12.6 Å². The number of nitrogens with one attached hydrogen (secondary N) is 1. The van der Waals surface area contributed by atoms with Crippen molar-refractivity contribution in [3.8, 4) is 0 Å². The van der Waals surface area contributed by atoms with E-state index in [1.165, 1.54) is 12.1 Å². The minimum Gasteiger partial charge on any atom is -0.394 e. The maximum atomic E-state index is 13.1. The predicted octanol–water partition coefficient (Wildman–Crippen LogP) is 0.903. The molecule has 0 aliphatic carbocycles. The van der Waals surface area contributed by atoms with E-state index in [2.05, 4.69) is 5.32 Å². The Labute approximate surface area is 99.1 Å². The quantitative estimate of drug-likeness (QED) is 0.826. The molecule has 1 unspecified atom stereocenters. The SMILES string of the molecule is OCC(c1cc(F)cc(F)c1)N1CCNCC1. The van der Waals surface area contributed by atoms with Gasteiger partial charge in [-0.3, -0.25) is 4.90 Å². The smallest absolute Gasteiger partial charge is 0.126 e. The first-order valence-electron chi connectivity index (χ1n) is 5.72. The molecule has 1 fully saturated rings. The number of hydrogen-bond donors (Lipinski definition) is 2. The Bertz CT molecular complexity index is 361. The van der Waals surface area contributed by atoms with Gasteiger partial charge in [-0.15, -0.1) is 0 Å². The second-order valence-electron chi connectivity index (χ2n) is 4.19. The van der Waals surface area contributed by atoms with Gasteiger partial charge in [-0.1, -0.05) is 0 Å². The summed E-state index contributed by atoms with van der Waals surface area (Å²) < 4.78 is 26.3. The molecule has 1 aliphatic heterocycles. The Morgan fingerprint density at radius 2 is 1.76 bits per heavy atom. The van der Waals surface area contributed by atoms with Gasteiger partial charge in [-0.2, -0.15) is 0 Å². The third-order valence-electron chi connectivity index (χ3n) is 3.03. The lowest BCUT2D eigenvalue weighted by Gasteiger charge is -2.34. The van der Waals surface area contributed by atoms with Crippen LogP contribution in [0.25, 0.3) is 0 Å². The molecule has 1 aromatic rings. The zero-order valence-electron chi connectivity index (χ0n) is 9.50. The van der Waals surface area contributed by atoms with Crippen LogP contribution in [0.2, 0.25) is 0 Å². The second kappa shape index (κ2) is 5.53. The first kappa shape index (κ1) is 12.4. The summed E-state index contributed by atoms with van der Waals surface area (Å²) in [7, 11) is 0. The summed E-state index contributed by atoms with van der Waals surface area (Å²) in [6.07, 6.45) is 0. The van der Waals surface area contributed by atoms with Crippen LogP contribution in [0.3, 0.4) is 0 Å². The zero-order chi connectivity index (χ0) is 12.3. The molecule has 0 aromatic heterocycles. The predicted molar refractivity (Wildman–Crippen MR) is 60.6 cm³/mol. The third kappa shape index (κ3) is 3.00. The molecule has 0 radical (unpaired) electrons. The van der Waals surface area contributed by atoms with Crippen molar-refractivity contribution in [3.05, 3.63) is 35.4 Å². The average molecular weight is 242 g/mol.